The highest BCUT2D eigenvalue weighted by Crippen LogP contribution is 2.36. The van der Waals surface area contributed by atoms with Crippen LogP contribution in [0.15, 0.2) is 24.4 Å². The summed E-state index contributed by atoms with van der Waals surface area (Å²) in [7, 11) is 0. The van der Waals surface area contributed by atoms with Crippen LogP contribution in [0.3, 0.4) is 0 Å². The Morgan fingerprint density at radius 2 is 1.97 bits per heavy atom. The van der Waals surface area contributed by atoms with Gasteiger partial charge in [-0.05, 0) is 45.8 Å². The maximum absolute atomic E-state index is 12.8. The summed E-state index contributed by atoms with van der Waals surface area (Å²) in [5, 5.41) is 14.5. The molecule has 0 aliphatic carbocycles. The van der Waals surface area contributed by atoms with Crippen molar-refractivity contribution in [3.8, 4) is 5.88 Å². The molecule has 10 heteroatoms. The molecule has 30 heavy (non-hydrogen) atoms. The lowest BCUT2D eigenvalue weighted by molar-refractivity contribution is -0.141. The average molecular weight is 445 g/mol. The van der Waals surface area contributed by atoms with Gasteiger partial charge in [0, 0.05) is 30.2 Å². The summed E-state index contributed by atoms with van der Waals surface area (Å²) >= 11 is 6.23. The van der Waals surface area contributed by atoms with Crippen LogP contribution in [-0.4, -0.2) is 38.7 Å². The SMILES string of the molecule is Cc1ncc(C(C)(O)CC(Cl)Oc2cccc(C(F)(F)F)n2)c(C2CCNCC2)n1. The van der Waals surface area contributed by atoms with E-state index in [1.165, 1.54) is 12.1 Å². The number of hydrogen-bond donors (Lipinski definition) is 2. The minimum atomic E-state index is -4.59. The first-order chi connectivity index (χ1) is 14.1. The third-order valence-electron chi connectivity index (χ3n) is 5.07. The fourth-order valence-corrected chi connectivity index (χ4v) is 3.93. The van der Waals surface area contributed by atoms with Crippen LogP contribution in [0.5, 0.6) is 5.88 Å². The maximum Gasteiger partial charge on any atom is 0.433 e. The van der Waals surface area contributed by atoms with Crippen LogP contribution in [0.4, 0.5) is 13.2 Å². The zero-order chi connectivity index (χ0) is 21.9. The van der Waals surface area contributed by atoms with Gasteiger partial charge in [0.05, 0.1) is 11.3 Å². The zero-order valence-electron chi connectivity index (χ0n) is 16.7. The number of aryl methyl sites for hydroxylation is 1. The molecule has 0 saturated carbocycles. The van der Waals surface area contributed by atoms with Crippen molar-refractivity contribution in [3.63, 3.8) is 0 Å². The van der Waals surface area contributed by atoms with Crippen molar-refractivity contribution < 1.29 is 23.0 Å². The van der Waals surface area contributed by atoms with Gasteiger partial charge >= 0.3 is 6.18 Å². The second-order valence-electron chi connectivity index (χ2n) is 7.61. The van der Waals surface area contributed by atoms with Crippen molar-refractivity contribution in [2.75, 3.05) is 13.1 Å². The molecule has 2 N–H and O–H groups in total. The van der Waals surface area contributed by atoms with E-state index < -0.39 is 23.0 Å². The van der Waals surface area contributed by atoms with E-state index in [9.17, 15) is 18.3 Å². The van der Waals surface area contributed by atoms with Crippen molar-refractivity contribution in [3.05, 3.63) is 47.2 Å². The van der Waals surface area contributed by atoms with E-state index in [1.54, 1.807) is 20.0 Å². The summed E-state index contributed by atoms with van der Waals surface area (Å²) in [6.07, 6.45) is -1.32. The van der Waals surface area contributed by atoms with Crippen LogP contribution in [0.1, 0.15) is 54.9 Å². The van der Waals surface area contributed by atoms with Crippen molar-refractivity contribution in [2.24, 2.45) is 0 Å². The first kappa shape index (κ1) is 22.7. The monoisotopic (exact) mass is 444 g/mol. The molecule has 0 amide bonds. The van der Waals surface area contributed by atoms with Crippen molar-refractivity contribution >= 4 is 11.6 Å². The van der Waals surface area contributed by atoms with Gasteiger partial charge in [-0.3, -0.25) is 0 Å². The summed E-state index contributed by atoms with van der Waals surface area (Å²) in [6.45, 7) is 5.08. The molecule has 0 spiro atoms. The van der Waals surface area contributed by atoms with Gasteiger partial charge < -0.3 is 15.2 Å². The van der Waals surface area contributed by atoms with Crippen LogP contribution in [-0.2, 0) is 11.8 Å². The summed E-state index contributed by atoms with van der Waals surface area (Å²) in [6, 6.07) is 3.33. The molecule has 3 heterocycles. The summed E-state index contributed by atoms with van der Waals surface area (Å²) in [5.41, 5.74) is -2.31. The molecule has 0 aromatic carbocycles. The fourth-order valence-electron chi connectivity index (χ4n) is 3.54. The summed E-state index contributed by atoms with van der Waals surface area (Å²) < 4.78 is 43.9. The number of halogens is 4. The number of piperidine rings is 1. The molecule has 2 unspecified atom stereocenters. The molecule has 0 bridgehead atoms. The fraction of sp³-hybridized carbons (Fsp3) is 0.550. The summed E-state index contributed by atoms with van der Waals surface area (Å²) in [5.74, 6) is 0.517. The van der Waals surface area contributed by atoms with Gasteiger partial charge in [-0.15, -0.1) is 0 Å². The second-order valence-corrected chi connectivity index (χ2v) is 8.09. The topological polar surface area (TPSA) is 80.2 Å². The minimum Gasteiger partial charge on any atom is -0.458 e. The second kappa shape index (κ2) is 9.03. The van der Waals surface area contributed by atoms with Crippen LogP contribution < -0.4 is 10.1 Å². The molecule has 1 aliphatic rings. The van der Waals surface area contributed by atoms with E-state index in [2.05, 4.69) is 20.3 Å². The number of aromatic nitrogens is 3. The van der Waals surface area contributed by atoms with Gasteiger partial charge in [0.2, 0.25) is 5.88 Å². The number of nitrogens with zero attached hydrogens (tertiary/aromatic N) is 3. The predicted molar refractivity (Wildman–Crippen MR) is 105 cm³/mol. The van der Waals surface area contributed by atoms with Gasteiger partial charge in [0.1, 0.15) is 11.5 Å². The standard InChI is InChI=1S/C20H24ClF3N4O2/c1-12-26-11-14(18(27-12)13-6-8-25-9-7-13)19(2,29)10-16(21)30-17-5-3-4-15(28-17)20(22,23)24/h3-5,11,13,16,25,29H,6-10H2,1-2H3. The molecule has 2 aromatic rings. The highest BCUT2D eigenvalue weighted by Gasteiger charge is 2.35. The molecule has 6 nitrogen and oxygen atoms in total. The number of nitrogens with one attached hydrogen (secondary N) is 1. The molecule has 3 rings (SSSR count). The van der Waals surface area contributed by atoms with Gasteiger partial charge in [-0.25, -0.2) is 15.0 Å². The molecule has 2 atom stereocenters. The van der Waals surface area contributed by atoms with Gasteiger partial charge in [0.15, 0.2) is 5.56 Å². The smallest absolute Gasteiger partial charge is 0.433 e. The number of aliphatic hydroxyl groups is 1. The van der Waals surface area contributed by atoms with Crippen LogP contribution in [0, 0.1) is 6.92 Å². The third kappa shape index (κ3) is 5.59. The lowest BCUT2D eigenvalue weighted by atomic mass is 9.84. The number of pyridine rings is 1. The van der Waals surface area contributed by atoms with E-state index in [-0.39, 0.29) is 18.2 Å². The van der Waals surface area contributed by atoms with Crippen molar-refractivity contribution in [1.29, 1.82) is 0 Å². The molecule has 0 radical (unpaired) electrons. The Bertz CT molecular complexity index is 873. The Morgan fingerprint density at radius 3 is 2.63 bits per heavy atom. The Hall–Kier alpha value is -1.97. The number of ether oxygens (including phenoxy) is 1. The average Bonchev–Trinajstić information content (AvgIpc) is 2.67. The van der Waals surface area contributed by atoms with Gasteiger partial charge in [0.25, 0.3) is 0 Å². The highest BCUT2D eigenvalue weighted by molar-refractivity contribution is 6.19. The number of hydrogen-bond acceptors (Lipinski definition) is 6. The molecule has 1 fully saturated rings. The molecule has 1 saturated heterocycles. The zero-order valence-corrected chi connectivity index (χ0v) is 17.5. The van der Waals surface area contributed by atoms with E-state index in [1.807, 2.05) is 0 Å². The van der Waals surface area contributed by atoms with E-state index in [4.69, 9.17) is 16.3 Å². The summed E-state index contributed by atoms with van der Waals surface area (Å²) in [4.78, 5) is 12.2. The molecular formula is C20H24ClF3N4O2. The van der Waals surface area contributed by atoms with Gasteiger partial charge in [-0.2, -0.15) is 13.2 Å². The lowest BCUT2D eigenvalue weighted by Gasteiger charge is -2.31. The van der Waals surface area contributed by atoms with Crippen molar-refractivity contribution in [2.45, 2.75) is 56.4 Å². The minimum absolute atomic E-state index is 0.0864. The van der Waals surface area contributed by atoms with Crippen LogP contribution in [0.25, 0.3) is 0 Å². The van der Waals surface area contributed by atoms with Crippen LogP contribution in [0.2, 0.25) is 0 Å². The number of rotatable bonds is 6. The predicted octanol–water partition coefficient (Wildman–Crippen LogP) is 3.91. The largest absolute Gasteiger partial charge is 0.458 e. The van der Waals surface area contributed by atoms with E-state index >= 15 is 0 Å². The van der Waals surface area contributed by atoms with Crippen LogP contribution >= 0.6 is 11.6 Å². The molecule has 164 valence electrons. The van der Waals surface area contributed by atoms with Gasteiger partial charge in [-0.1, -0.05) is 17.7 Å². The molecular weight excluding hydrogens is 421 g/mol. The maximum atomic E-state index is 12.8. The normalized spacial score (nSPS) is 18.6. The Labute approximate surface area is 177 Å². The van der Waals surface area contributed by atoms with E-state index in [0.29, 0.717) is 11.4 Å². The van der Waals surface area contributed by atoms with E-state index in [0.717, 1.165) is 37.7 Å². The first-order valence-corrected chi connectivity index (χ1v) is 10.1. The molecule has 2 aromatic heterocycles. The Morgan fingerprint density at radius 1 is 1.27 bits per heavy atom. The Kier molecular flexibility index (Phi) is 6.84. The molecule has 1 aliphatic heterocycles. The highest BCUT2D eigenvalue weighted by atomic mass is 35.5. The third-order valence-corrected chi connectivity index (χ3v) is 5.31. The quantitative estimate of drug-likeness (QED) is 0.658. The first-order valence-electron chi connectivity index (χ1n) is 9.68. The lowest BCUT2D eigenvalue weighted by Crippen LogP contribution is -2.33. The van der Waals surface area contributed by atoms with Crippen molar-refractivity contribution in [1.82, 2.24) is 20.3 Å². The number of alkyl halides is 4. The Balaban J connectivity index is 1.78.